The largest absolute Gasteiger partial charge is 0.370 e. The van der Waals surface area contributed by atoms with E-state index in [9.17, 15) is 0 Å². The minimum absolute atomic E-state index is 0.207. The summed E-state index contributed by atoms with van der Waals surface area (Å²) in [5.74, 6) is 0.895. The van der Waals surface area contributed by atoms with E-state index in [1.165, 1.54) is 24.8 Å². The number of methoxy groups -OCH3 is 1. The number of hydrogen-bond donors (Lipinski definition) is 1. The van der Waals surface area contributed by atoms with E-state index in [1.807, 2.05) is 0 Å². The summed E-state index contributed by atoms with van der Waals surface area (Å²) in [6.45, 7) is 5.33. The summed E-state index contributed by atoms with van der Waals surface area (Å²) in [6, 6.07) is 0.797. The average Bonchev–Trinajstić information content (AvgIpc) is 3.20. The van der Waals surface area contributed by atoms with Crippen molar-refractivity contribution in [1.29, 1.82) is 0 Å². The van der Waals surface area contributed by atoms with Gasteiger partial charge < -0.3 is 10.1 Å². The highest BCUT2D eigenvalue weighted by molar-refractivity contribution is 5.26. The lowest BCUT2D eigenvalue weighted by Gasteiger charge is -2.39. The second-order valence-corrected chi connectivity index (χ2v) is 6.58. The number of ether oxygens (including phenoxy) is 1. The van der Waals surface area contributed by atoms with Gasteiger partial charge >= 0.3 is 0 Å². The highest BCUT2D eigenvalue weighted by Crippen LogP contribution is 2.42. The Bertz CT molecular complexity index is 478. The van der Waals surface area contributed by atoms with Crippen LogP contribution in [0.2, 0.25) is 0 Å². The smallest absolute Gasteiger partial charge is 0.160 e. The minimum Gasteiger partial charge on any atom is -0.370 e. The first-order chi connectivity index (χ1) is 10.1. The van der Waals surface area contributed by atoms with Gasteiger partial charge in [-0.2, -0.15) is 0 Å². The number of rotatable bonds is 7. The highest BCUT2D eigenvalue weighted by atomic mass is 16.5. The molecule has 0 aromatic carbocycles. The first-order valence-electron chi connectivity index (χ1n) is 8.28. The average molecular weight is 289 g/mol. The molecule has 1 N–H and O–H groups in total. The van der Waals surface area contributed by atoms with Crippen molar-refractivity contribution in [3.63, 3.8) is 0 Å². The molecule has 0 spiro atoms. The van der Waals surface area contributed by atoms with Gasteiger partial charge in [-0.05, 0) is 70.9 Å². The zero-order valence-electron chi connectivity index (χ0n) is 13.5. The Kier molecular flexibility index (Phi) is 4.27. The monoisotopic (exact) mass is 289 g/mol. The third-order valence-electron chi connectivity index (χ3n) is 4.99. The summed E-state index contributed by atoms with van der Waals surface area (Å²) in [7, 11) is 1.78. The number of aryl methyl sites for hydroxylation is 2. The Morgan fingerprint density at radius 3 is 2.33 bits per heavy atom. The highest BCUT2D eigenvalue weighted by Gasteiger charge is 2.42. The number of aromatic nitrogens is 2. The standard InChI is InChI=1S/C17H27N3O/c1-12-15(6-4-11-18-14-7-8-14)13(2)20-16(19-12)17(21-3)9-5-10-17/h14,18H,4-11H2,1-3H3. The topological polar surface area (TPSA) is 47.0 Å². The van der Waals surface area contributed by atoms with E-state index in [4.69, 9.17) is 14.7 Å². The van der Waals surface area contributed by atoms with Gasteiger partial charge in [0.05, 0.1) is 0 Å². The Morgan fingerprint density at radius 2 is 1.86 bits per heavy atom. The molecular formula is C17H27N3O. The van der Waals surface area contributed by atoms with Crippen LogP contribution in [0.25, 0.3) is 0 Å². The van der Waals surface area contributed by atoms with Crippen LogP contribution in [0.3, 0.4) is 0 Å². The number of nitrogens with zero attached hydrogens (tertiary/aromatic N) is 2. The molecule has 4 heteroatoms. The zero-order chi connectivity index (χ0) is 14.9. The van der Waals surface area contributed by atoms with Crippen LogP contribution in [0, 0.1) is 13.8 Å². The van der Waals surface area contributed by atoms with E-state index >= 15 is 0 Å². The van der Waals surface area contributed by atoms with E-state index in [0.29, 0.717) is 0 Å². The van der Waals surface area contributed by atoms with Crippen molar-refractivity contribution in [3.8, 4) is 0 Å². The van der Waals surface area contributed by atoms with Crippen LogP contribution in [0.15, 0.2) is 0 Å². The molecule has 2 aliphatic rings. The van der Waals surface area contributed by atoms with E-state index in [2.05, 4.69) is 19.2 Å². The van der Waals surface area contributed by atoms with Crippen molar-refractivity contribution >= 4 is 0 Å². The fraction of sp³-hybridized carbons (Fsp3) is 0.765. The predicted molar refractivity (Wildman–Crippen MR) is 83.4 cm³/mol. The molecule has 0 unspecified atom stereocenters. The fourth-order valence-corrected chi connectivity index (χ4v) is 3.18. The van der Waals surface area contributed by atoms with Crippen molar-refractivity contribution in [1.82, 2.24) is 15.3 Å². The van der Waals surface area contributed by atoms with E-state index in [0.717, 1.165) is 55.5 Å². The summed E-state index contributed by atoms with van der Waals surface area (Å²) >= 11 is 0. The summed E-state index contributed by atoms with van der Waals surface area (Å²) < 4.78 is 5.71. The maximum atomic E-state index is 5.71. The van der Waals surface area contributed by atoms with Crippen molar-refractivity contribution in [2.24, 2.45) is 0 Å². The zero-order valence-corrected chi connectivity index (χ0v) is 13.5. The Morgan fingerprint density at radius 1 is 1.19 bits per heavy atom. The maximum Gasteiger partial charge on any atom is 0.160 e. The minimum atomic E-state index is -0.207. The molecule has 116 valence electrons. The molecule has 4 nitrogen and oxygen atoms in total. The summed E-state index contributed by atoms with van der Waals surface area (Å²) in [5.41, 5.74) is 3.38. The molecule has 0 aliphatic heterocycles. The molecule has 21 heavy (non-hydrogen) atoms. The van der Waals surface area contributed by atoms with Crippen LogP contribution in [0.4, 0.5) is 0 Å². The quantitative estimate of drug-likeness (QED) is 0.784. The van der Waals surface area contributed by atoms with Gasteiger partial charge in [0.15, 0.2) is 5.82 Å². The van der Waals surface area contributed by atoms with Crippen molar-refractivity contribution in [3.05, 3.63) is 22.8 Å². The van der Waals surface area contributed by atoms with E-state index in [1.54, 1.807) is 7.11 Å². The maximum absolute atomic E-state index is 5.71. The lowest BCUT2D eigenvalue weighted by Crippen LogP contribution is -2.38. The molecule has 0 amide bonds. The fourth-order valence-electron chi connectivity index (χ4n) is 3.18. The van der Waals surface area contributed by atoms with Gasteiger partial charge in [-0.3, -0.25) is 0 Å². The molecule has 2 aliphatic carbocycles. The molecular weight excluding hydrogens is 262 g/mol. The Labute approximate surface area is 127 Å². The SMILES string of the molecule is COC1(c2nc(C)c(CCCNC3CC3)c(C)n2)CCC1. The summed E-state index contributed by atoms with van der Waals surface area (Å²) in [6.07, 6.45) is 8.25. The number of nitrogens with one attached hydrogen (secondary N) is 1. The molecule has 0 saturated heterocycles. The van der Waals surface area contributed by atoms with Crippen molar-refractivity contribution in [2.75, 3.05) is 13.7 Å². The van der Waals surface area contributed by atoms with Crippen LogP contribution >= 0.6 is 0 Å². The molecule has 1 aromatic rings. The predicted octanol–water partition coefficient (Wildman–Crippen LogP) is 2.80. The normalized spacial score (nSPS) is 20.3. The van der Waals surface area contributed by atoms with Crippen molar-refractivity contribution in [2.45, 2.75) is 70.4 Å². The third kappa shape index (κ3) is 3.11. The van der Waals surface area contributed by atoms with Crippen LogP contribution < -0.4 is 5.32 Å². The van der Waals surface area contributed by atoms with E-state index < -0.39 is 0 Å². The van der Waals surface area contributed by atoms with Gasteiger partial charge in [0.1, 0.15) is 5.60 Å². The third-order valence-corrected chi connectivity index (χ3v) is 4.99. The first kappa shape index (κ1) is 14.9. The summed E-state index contributed by atoms with van der Waals surface area (Å²) in [4.78, 5) is 9.54. The number of hydrogen-bond acceptors (Lipinski definition) is 4. The van der Waals surface area contributed by atoms with Crippen LogP contribution in [0.1, 0.15) is 61.3 Å². The molecule has 0 bridgehead atoms. The van der Waals surface area contributed by atoms with Gasteiger partial charge in [0.25, 0.3) is 0 Å². The molecule has 3 rings (SSSR count). The Hall–Kier alpha value is -1.00. The Balaban J connectivity index is 1.66. The molecule has 1 heterocycles. The van der Waals surface area contributed by atoms with Gasteiger partial charge in [-0.25, -0.2) is 9.97 Å². The lowest BCUT2D eigenvalue weighted by molar-refractivity contribution is -0.0848. The molecule has 2 fully saturated rings. The lowest BCUT2D eigenvalue weighted by atomic mass is 9.79. The second-order valence-electron chi connectivity index (χ2n) is 6.58. The molecule has 2 saturated carbocycles. The first-order valence-corrected chi connectivity index (χ1v) is 8.28. The molecule has 0 radical (unpaired) electrons. The second kappa shape index (κ2) is 6.01. The van der Waals surface area contributed by atoms with Crippen molar-refractivity contribution < 1.29 is 4.74 Å². The molecule has 0 atom stereocenters. The van der Waals surface area contributed by atoms with Crippen LogP contribution in [-0.4, -0.2) is 29.7 Å². The van der Waals surface area contributed by atoms with E-state index in [-0.39, 0.29) is 5.60 Å². The van der Waals surface area contributed by atoms with Gasteiger partial charge in [0, 0.05) is 24.5 Å². The van der Waals surface area contributed by atoms with Crippen LogP contribution in [-0.2, 0) is 16.8 Å². The summed E-state index contributed by atoms with van der Waals surface area (Å²) in [5, 5.41) is 3.57. The van der Waals surface area contributed by atoms with Gasteiger partial charge in [-0.15, -0.1) is 0 Å². The van der Waals surface area contributed by atoms with Gasteiger partial charge in [0.2, 0.25) is 0 Å². The van der Waals surface area contributed by atoms with Crippen LogP contribution in [0.5, 0.6) is 0 Å². The van der Waals surface area contributed by atoms with Gasteiger partial charge in [-0.1, -0.05) is 0 Å². The molecule has 1 aromatic heterocycles.